The number of amides is 1. The van der Waals surface area contributed by atoms with E-state index in [2.05, 4.69) is 28.1 Å². The first-order valence-electron chi connectivity index (χ1n) is 7.49. The van der Waals surface area contributed by atoms with Crippen LogP contribution < -0.4 is 5.73 Å². The van der Waals surface area contributed by atoms with Crippen LogP contribution >= 0.6 is 15.9 Å². The molecule has 0 spiro atoms. The molecule has 4 heteroatoms. The summed E-state index contributed by atoms with van der Waals surface area (Å²) < 4.78 is 1.13. The predicted molar refractivity (Wildman–Crippen MR) is 91.4 cm³/mol. The second-order valence-corrected chi connectivity index (χ2v) is 6.54. The number of nitrogens with zero attached hydrogens (tertiary/aromatic N) is 1. The Morgan fingerprint density at radius 3 is 2.73 bits per heavy atom. The first-order chi connectivity index (χ1) is 10.6. The first-order valence-corrected chi connectivity index (χ1v) is 8.29. The summed E-state index contributed by atoms with van der Waals surface area (Å²) in [7, 11) is 0. The molecule has 114 valence electrons. The number of halogens is 1. The van der Waals surface area contributed by atoms with Crippen LogP contribution in [0.15, 0.2) is 53.0 Å². The van der Waals surface area contributed by atoms with E-state index >= 15 is 0 Å². The van der Waals surface area contributed by atoms with E-state index in [4.69, 9.17) is 5.73 Å². The standard InChI is InChI=1S/C18H19BrN2O/c19-16-8-4-7-14-12-21(10-9-15(14)16)18(22)17(20)11-13-5-2-1-3-6-13/h1-8,17H,9-12,20H2/t17-/m0/s1. The Kier molecular flexibility index (Phi) is 4.60. The summed E-state index contributed by atoms with van der Waals surface area (Å²) in [5.74, 6) is 0.0366. The lowest BCUT2D eigenvalue weighted by molar-refractivity contribution is -0.133. The molecule has 0 fully saturated rings. The predicted octanol–water partition coefficient (Wildman–Crippen LogP) is 2.90. The van der Waals surface area contributed by atoms with E-state index in [1.807, 2.05) is 41.3 Å². The Labute approximate surface area is 139 Å². The van der Waals surface area contributed by atoms with E-state index in [0.717, 1.165) is 23.0 Å². The van der Waals surface area contributed by atoms with Crippen LogP contribution in [0.2, 0.25) is 0 Å². The molecule has 1 amide bonds. The number of carbonyl (C=O) groups excluding carboxylic acids is 1. The summed E-state index contributed by atoms with van der Waals surface area (Å²) in [6.45, 7) is 1.38. The fourth-order valence-corrected chi connectivity index (χ4v) is 3.55. The number of carbonyl (C=O) groups is 1. The average Bonchev–Trinajstić information content (AvgIpc) is 2.55. The maximum Gasteiger partial charge on any atom is 0.240 e. The number of benzene rings is 2. The second-order valence-electron chi connectivity index (χ2n) is 5.68. The monoisotopic (exact) mass is 358 g/mol. The highest BCUT2D eigenvalue weighted by molar-refractivity contribution is 9.10. The van der Waals surface area contributed by atoms with Gasteiger partial charge in [0.25, 0.3) is 0 Å². The molecule has 0 unspecified atom stereocenters. The smallest absolute Gasteiger partial charge is 0.240 e. The minimum atomic E-state index is -0.476. The molecule has 3 nitrogen and oxygen atoms in total. The molecular weight excluding hydrogens is 340 g/mol. The molecule has 0 aliphatic carbocycles. The van der Waals surface area contributed by atoms with E-state index in [-0.39, 0.29) is 5.91 Å². The van der Waals surface area contributed by atoms with Crippen LogP contribution in [0.4, 0.5) is 0 Å². The molecule has 2 N–H and O–H groups in total. The van der Waals surface area contributed by atoms with Gasteiger partial charge in [-0.25, -0.2) is 0 Å². The molecular formula is C18H19BrN2O. The van der Waals surface area contributed by atoms with Crippen molar-refractivity contribution in [3.63, 3.8) is 0 Å². The van der Waals surface area contributed by atoms with Gasteiger partial charge >= 0.3 is 0 Å². The van der Waals surface area contributed by atoms with Crippen molar-refractivity contribution >= 4 is 21.8 Å². The van der Waals surface area contributed by atoms with Crippen LogP contribution in [-0.2, 0) is 24.2 Å². The topological polar surface area (TPSA) is 46.3 Å². The van der Waals surface area contributed by atoms with Crippen LogP contribution in [0.25, 0.3) is 0 Å². The third-order valence-electron chi connectivity index (χ3n) is 4.14. The van der Waals surface area contributed by atoms with Gasteiger partial charge in [0.2, 0.25) is 5.91 Å². The number of rotatable bonds is 3. The van der Waals surface area contributed by atoms with Gasteiger partial charge < -0.3 is 10.6 Å². The lowest BCUT2D eigenvalue weighted by Gasteiger charge is -2.31. The Morgan fingerprint density at radius 1 is 1.18 bits per heavy atom. The van der Waals surface area contributed by atoms with Gasteiger partial charge in [-0.2, -0.15) is 0 Å². The van der Waals surface area contributed by atoms with Crippen molar-refractivity contribution in [2.24, 2.45) is 5.73 Å². The highest BCUT2D eigenvalue weighted by Gasteiger charge is 2.25. The Balaban J connectivity index is 1.68. The van der Waals surface area contributed by atoms with Crippen LogP contribution in [0, 0.1) is 0 Å². The highest BCUT2D eigenvalue weighted by Crippen LogP contribution is 2.26. The first kappa shape index (κ1) is 15.3. The van der Waals surface area contributed by atoms with Crippen molar-refractivity contribution in [2.45, 2.75) is 25.4 Å². The van der Waals surface area contributed by atoms with Gasteiger partial charge in [-0.3, -0.25) is 4.79 Å². The Hall–Kier alpha value is -1.65. The summed E-state index contributed by atoms with van der Waals surface area (Å²) in [5.41, 5.74) is 9.75. The molecule has 1 aliphatic heterocycles. The van der Waals surface area contributed by atoms with Gasteiger partial charge in [-0.1, -0.05) is 58.4 Å². The van der Waals surface area contributed by atoms with Gasteiger partial charge in [0.15, 0.2) is 0 Å². The number of nitrogens with two attached hydrogens (primary N) is 1. The van der Waals surface area contributed by atoms with E-state index in [0.29, 0.717) is 13.0 Å². The van der Waals surface area contributed by atoms with Gasteiger partial charge in [-0.15, -0.1) is 0 Å². The van der Waals surface area contributed by atoms with Crippen LogP contribution in [-0.4, -0.2) is 23.4 Å². The molecule has 22 heavy (non-hydrogen) atoms. The third kappa shape index (κ3) is 3.23. The molecule has 2 aromatic rings. The summed E-state index contributed by atoms with van der Waals surface area (Å²) >= 11 is 3.58. The fraction of sp³-hybridized carbons (Fsp3) is 0.278. The minimum Gasteiger partial charge on any atom is -0.337 e. The third-order valence-corrected chi connectivity index (χ3v) is 4.88. The number of hydrogen-bond donors (Lipinski definition) is 1. The van der Waals surface area contributed by atoms with Crippen LogP contribution in [0.3, 0.4) is 0 Å². The van der Waals surface area contributed by atoms with E-state index in [9.17, 15) is 4.79 Å². The minimum absolute atomic E-state index is 0.0366. The van der Waals surface area contributed by atoms with E-state index in [1.165, 1.54) is 11.1 Å². The van der Waals surface area contributed by atoms with Crippen molar-refractivity contribution in [3.05, 3.63) is 69.7 Å². The van der Waals surface area contributed by atoms with Gasteiger partial charge in [0.1, 0.15) is 0 Å². The summed E-state index contributed by atoms with van der Waals surface area (Å²) in [6.07, 6.45) is 1.46. The maximum absolute atomic E-state index is 12.6. The van der Waals surface area contributed by atoms with Crippen molar-refractivity contribution in [1.82, 2.24) is 4.90 Å². The quantitative estimate of drug-likeness (QED) is 0.916. The SMILES string of the molecule is N[C@@H](Cc1ccccc1)C(=O)N1CCc2c(Br)cccc2C1. The zero-order valence-corrected chi connectivity index (χ0v) is 13.9. The lowest BCUT2D eigenvalue weighted by Crippen LogP contribution is -2.46. The lowest BCUT2D eigenvalue weighted by atomic mass is 9.98. The summed E-state index contributed by atoms with van der Waals surface area (Å²) in [5, 5.41) is 0. The second kappa shape index (κ2) is 6.63. The average molecular weight is 359 g/mol. The zero-order valence-electron chi connectivity index (χ0n) is 12.3. The largest absolute Gasteiger partial charge is 0.337 e. The molecule has 1 heterocycles. The Morgan fingerprint density at radius 2 is 1.95 bits per heavy atom. The van der Waals surface area contributed by atoms with Crippen molar-refractivity contribution in [1.29, 1.82) is 0 Å². The number of fused-ring (bicyclic) bond motifs is 1. The Bertz CT molecular complexity index is 672. The van der Waals surface area contributed by atoms with Crippen molar-refractivity contribution in [2.75, 3.05) is 6.54 Å². The molecule has 0 aromatic heterocycles. The van der Waals surface area contributed by atoms with Crippen molar-refractivity contribution in [3.8, 4) is 0 Å². The maximum atomic E-state index is 12.6. The molecule has 0 saturated carbocycles. The molecule has 3 rings (SSSR count). The summed E-state index contributed by atoms with van der Waals surface area (Å²) in [4.78, 5) is 14.5. The molecule has 0 radical (unpaired) electrons. The van der Waals surface area contributed by atoms with E-state index in [1.54, 1.807) is 0 Å². The summed E-state index contributed by atoms with van der Waals surface area (Å²) in [6, 6.07) is 15.6. The van der Waals surface area contributed by atoms with Crippen LogP contribution in [0.1, 0.15) is 16.7 Å². The molecule has 0 bridgehead atoms. The van der Waals surface area contributed by atoms with Crippen molar-refractivity contribution < 1.29 is 4.79 Å². The van der Waals surface area contributed by atoms with Gasteiger partial charge in [-0.05, 0) is 35.6 Å². The highest BCUT2D eigenvalue weighted by atomic mass is 79.9. The van der Waals surface area contributed by atoms with Crippen LogP contribution in [0.5, 0.6) is 0 Å². The van der Waals surface area contributed by atoms with Gasteiger partial charge in [0, 0.05) is 17.6 Å². The fourth-order valence-electron chi connectivity index (χ4n) is 2.94. The molecule has 0 saturated heterocycles. The molecule has 1 atom stereocenters. The number of hydrogen-bond acceptors (Lipinski definition) is 2. The molecule has 1 aliphatic rings. The van der Waals surface area contributed by atoms with Gasteiger partial charge in [0.05, 0.1) is 6.04 Å². The van der Waals surface area contributed by atoms with E-state index < -0.39 is 6.04 Å². The molecule has 2 aromatic carbocycles. The zero-order chi connectivity index (χ0) is 15.5. The normalized spacial score (nSPS) is 15.3.